The maximum Gasteiger partial charge on any atom is 0.0657 e. The zero-order chi connectivity index (χ0) is 7.82. The first-order chi connectivity index (χ1) is 4.81. The molecule has 0 aliphatic rings. The highest BCUT2D eigenvalue weighted by Gasteiger charge is 1.90. The van der Waals surface area contributed by atoms with Crippen molar-refractivity contribution in [1.29, 1.82) is 0 Å². The molecule has 0 radical (unpaired) electrons. The molecule has 2 N–H and O–H groups in total. The van der Waals surface area contributed by atoms with Gasteiger partial charge in [-0.25, -0.2) is 0 Å². The van der Waals surface area contributed by atoms with Gasteiger partial charge in [-0.05, 0) is 12.8 Å². The SMILES string of the molecule is C=C(CCC)CCN=NN. The molecule has 0 saturated carbocycles. The second-order valence-electron chi connectivity index (χ2n) is 2.23. The van der Waals surface area contributed by atoms with Crippen LogP contribution in [0, 0.1) is 0 Å². The monoisotopic (exact) mass is 141 g/mol. The molecule has 0 atom stereocenters. The highest BCUT2D eigenvalue weighted by atomic mass is 15.3. The Morgan fingerprint density at radius 1 is 1.50 bits per heavy atom. The molecule has 0 heterocycles. The second-order valence-corrected chi connectivity index (χ2v) is 2.23. The minimum Gasteiger partial charge on any atom is -0.305 e. The van der Waals surface area contributed by atoms with Crippen LogP contribution in [0.1, 0.15) is 26.2 Å². The first-order valence-corrected chi connectivity index (χ1v) is 3.54. The quantitative estimate of drug-likeness (QED) is 0.271. The molecule has 0 aromatic rings. The van der Waals surface area contributed by atoms with Crippen LogP contribution in [0.25, 0.3) is 0 Å². The summed E-state index contributed by atoms with van der Waals surface area (Å²) in [6.45, 7) is 6.68. The van der Waals surface area contributed by atoms with Gasteiger partial charge in [0.05, 0.1) is 6.54 Å². The van der Waals surface area contributed by atoms with Crippen molar-refractivity contribution < 1.29 is 0 Å². The summed E-state index contributed by atoms with van der Waals surface area (Å²) in [6.07, 6.45) is 3.15. The van der Waals surface area contributed by atoms with Gasteiger partial charge in [0.2, 0.25) is 0 Å². The van der Waals surface area contributed by atoms with Crippen molar-refractivity contribution in [2.75, 3.05) is 6.54 Å². The molecule has 0 aliphatic carbocycles. The highest BCUT2D eigenvalue weighted by molar-refractivity contribution is 4.93. The molecule has 10 heavy (non-hydrogen) atoms. The smallest absolute Gasteiger partial charge is 0.0657 e. The van der Waals surface area contributed by atoms with Crippen molar-refractivity contribution in [1.82, 2.24) is 0 Å². The van der Waals surface area contributed by atoms with E-state index < -0.39 is 0 Å². The van der Waals surface area contributed by atoms with E-state index >= 15 is 0 Å². The average Bonchev–Trinajstić information content (AvgIpc) is 1.89. The van der Waals surface area contributed by atoms with Crippen LogP contribution in [-0.2, 0) is 0 Å². The van der Waals surface area contributed by atoms with Crippen LogP contribution in [0.2, 0.25) is 0 Å². The van der Waals surface area contributed by atoms with Gasteiger partial charge in [0.1, 0.15) is 0 Å². The highest BCUT2D eigenvalue weighted by Crippen LogP contribution is 2.05. The molecule has 58 valence electrons. The molecule has 3 nitrogen and oxygen atoms in total. The summed E-state index contributed by atoms with van der Waals surface area (Å²) in [6, 6.07) is 0. The van der Waals surface area contributed by atoms with Gasteiger partial charge >= 0.3 is 0 Å². The molecule has 0 spiro atoms. The molecule has 0 aromatic heterocycles. The summed E-state index contributed by atoms with van der Waals surface area (Å²) in [4.78, 5) is 0. The Labute approximate surface area is 62.0 Å². The van der Waals surface area contributed by atoms with Crippen molar-refractivity contribution in [3.8, 4) is 0 Å². The Morgan fingerprint density at radius 2 is 2.20 bits per heavy atom. The van der Waals surface area contributed by atoms with Crippen molar-refractivity contribution in [2.45, 2.75) is 26.2 Å². The molecule has 0 fully saturated rings. The third-order valence-corrected chi connectivity index (χ3v) is 1.25. The number of hydrogen-bond donors (Lipinski definition) is 1. The summed E-state index contributed by atoms with van der Waals surface area (Å²) in [5.41, 5.74) is 1.23. The van der Waals surface area contributed by atoms with Crippen molar-refractivity contribution >= 4 is 0 Å². The Balaban J connectivity index is 3.21. The summed E-state index contributed by atoms with van der Waals surface area (Å²) in [5, 5.41) is 6.79. The Morgan fingerprint density at radius 3 is 2.70 bits per heavy atom. The van der Waals surface area contributed by atoms with Crippen LogP contribution in [0.3, 0.4) is 0 Å². The molecular formula is C7H15N3. The minimum atomic E-state index is 0.676. The number of nitrogens with zero attached hydrogens (tertiary/aromatic N) is 2. The summed E-state index contributed by atoms with van der Waals surface area (Å²) < 4.78 is 0. The fourth-order valence-corrected chi connectivity index (χ4v) is 0.744. The molecular weight excluding hydrogens is 126 g/mol. The number of nitrogens with two attached hydrogens (primary N) is 1. The van der Waals surface area contributed by atoms with E-state index in [1.54, 1.807) is 0 Å². The molecule has 0 aromatic carbocycles. The Hall–Kier alpha value is -0.860. The second kappa shape index (κ2) is 6.26. The largest absolute Gasteiger partial charge is 0.305 e. The van der Waals surface area contributed by atoms with Crippen LogP contribution in [0.15, 0.2) is 22.5 Å². The van der Waals surface area contributed by atoms with Crippen molar-refractivity contribution in [3.63, 3.8) is 0 Å². The zero-order valence-corrected chi connectivity index (χ0v) is 6.51. The van der Waals surface area contributed by atoms with Crippen LogP contribution in [-0.4, -0.2) is 6.54 Å². The van der Waals surface area contributed by atoms with E-state index in [1.807, 2.05) is 0 Å². The van der Waals surface area contributed by atoms with E-state index in [2.05, 4.69) is 23.8 Å². The molecule has 0 amide bonds. The molecule has 0 saturated heterocycles. The molecule has 0 aliphatic heterocycles. The molecule has 0 unspecified atom stereocenters. The Kier molecular flexibility index (Phi) is 5.72. The van der Waals surface area contributed by atoms with Gasteiger partial charge in [-0.1, -0.05) is 30.7 Å². The fraction of sp³-hybridized carbons (Fsp3) is 0.714. The summed E-state index contributed by atoms with van der Waals surface area (Å²) >= 11 is 0. The lowest BCUT2D eigenvalue weighted by Gasteiger charge is -1.98. The van der Waals surface area contributed by atoms with E-state index in [0.717, 1.165) is 19.3 Å². The van der Waals surface area contributed by atoms with Gasteiger partial charge < -0.3 is 5.84 Å². The van der Waals surface area contributed by atoms with Gasteiger partial charge in [-0.15, -0.1) is 0 Å². The van der Waals surface area contributed by atoms with E-state index in [4.69, 9.17) is 5.84 Å². The van der Waals surface area contributed by atoms with Gasteiger partial charge in [0.25, 0.3) is 0 Å². The van der Waals surface area contributed by atoms with Gasteiger partial charge in [-0.3, -0.25) is 0 Å². The lowest BCUT2D eigenvalue weighted by atomic mass is 10.1. The van der Waals surface area contributed by atoms with E-state index in [1.165, 1.54) is 5.57 Å². The van der Waals surface area contributed by atoms with Crippen LogP contribution in [0.4, 0.5) is 0 Å². The third kappa shape index (κ3) is 5.28. The predicted molar refractivity (Wildman–Crippen MR) is 42.6 cm³/mol. The predicted octanol–water partition coefficient (Wildman–Crippen LogP) is 2.06. The Bertz CT molecular complexity index is 118. The van der Waals surface area contributed by atoms with Crippen molar-refractivity contribution in [2.24, 2.45) is 16.2 Å². The van der Waals surface area contributed by atoms with E-state index in [9.17, 15) is 0 Å². The van der Waals surface area contributed by atoms with Gasteiger partial charge in [0, 0.05) is 0 Å². The fourth-order valence-electron chi connectivity index (χ4n) is 0.744. The average molecular weight is 141 g/mol. The lowest BCUT2D eigenvalue weighted by molar-refractivity contribution is 0.795. The zero-order valence-electron chi connectivity index (χ0n) is 6.51. The number of rotatable bonds is 5. The van der Waals surface area contributed by atoms with Crippen LogP contribution >= 0.6 is 0 Å². The minimum absolute atomic E-state index is 0.676. The standard InChI is InChI=1S/C7H15N3/c1-3-4-7(2)5-6-9-10-8/h2-6H2,1H3,(H2,8,9). The molecule has 0 rings (SSSR count). The maximum atomic E-state index is 4.82. The number of hydrogen-bond acceptors (Lipinski definition) is 2. The van der Waals surface area contributed by atoms with Gasteiger partial charge in [-0.2, -0.15) is 5.11 Å². The lowest BCUT2D eigenvalue weighted by Crippen LogP contribution is -1.86. The van der Waals surface area contributed by atoms with Gasteiger partial charge in [0.15, 0.2) is 0 Å². The van der Waals surface area contributed by atoms with Crippen LogP contribution < -0.4 is 5.84 Å². The third-order valence-electron chi connectivity index (χ3n) is 1.25. The summed E-state index contributed by atoms with van der Waals surface area (Å²) in [5.74, 6) is 4.82. The maximum absolute atomic E-state index is 4.82. The topological polar surface area (TPSA) is 50.7 Å². The normalized spacial score (nSPS) is 10.5. The van der Waals surface area contributed by atoms with E-state index in [-0.39, 0.29) is 0 Å². The first-order valence-electron chi connectivity index (χ1n) is 3.54. The van der Waals surface area contributed by atoms with Crippen LogP contribution in [0.5, 0.6) is 0 Å². The summed E-state index contributed by atoms with van der Waals surface area (Å²) in [7, 11) is 0. The van der Waals surface area contributed by atoms with Crippen molar-refractivity contribution in [3.05, 3.63) is 12.2 Å². The van der Waals surface area contributed by atoms with E-state index in [0.29, 0.717) is 6.54 Å². The molecule has 0 bridgehead atoms. The first kappa shape index (κ1) is 9.14. The molecule has 3 heteroatoms.